The molecule has 1 heterocycles. The van der Waals surface area contributed by atoms with Gasteiger partial charge < -0.3 is 0 Å². The summed E-state index contributed by atoms with van der Waals surface area (Å²) < 4.78 is 53.0. The van der Waals surface area contributed by atoms with Gasteiger partial charge in [0.2, 0.25) is 0 Å². The second-order valence-electron chi connectivity index (χ2n) is 6.45. The Balaban J connectivity index is 1.84. The normalized spacial score (nSPS) is 16.5. The number of hydrogen-bond acceptors (Lipinski definition) is 1. The lowest BCUT2D eigenvalue weighted by Crippen LogP contribution is -2.06. The molecule has 0 saturated carbocycles. The summed E-state index contributed by atoms with van der Waals surface area (Å²) in [4.78, 5) is 4.18. The maximum Gasteiger partial charge on any atom is 0.416 e. The Hall–Kier alpha value is -2.69. The quantitative estimate of drug-likeness (QED) is 0.514. The van der Waals surface area contributed by atoms with Crippen molar-refractivity contribution >= 4 is 0 Å². The first-order valence-electron chi connectivity index (χ1n) is 8.34. The number of benzene rings is 2. The zero-order valence-corrected chi connectivity index (χ0v) is 13.7. The summed E-state index contributed by atoms with van der Waals surface area (Å²) in [6.07, 6.45) is 0.441. The number of aromatic nitrogens is 1. The Morgan fingerprint density at radius 1 is 0.923 bits per heavy atom. The number of rotatable bonds is 2. The summed E-state index contributed by atoms with van der Waals surface area (Å²) in [6.45, 7) is 0. The van der Waals surface area contributed by atoms with Crippen LogP contribution < -0.4 is 0 Å². The SMILES string of the molecule is Fc1cc(C(F)(F)F)ccc1-c1cncc2c1[C@H](c1ccccc1)CC2. The molecule has 0 spiro atoms. The molecule has 1 aliphatic carbocycles. The van der Waals surface area contributed by atoms with Crippen LogP contribution in [0, 0.1) is 5.82 Å². The number of hydrogen-bond donors (Lipinski definition) is 0. The lowest BCUT2D eigenvalue weighted by Gasteiger charge is -2.17. The van der Waals surface area contributed by atoms with E-state index in [1.807, 2.05) is 30.3 Å². The van der Waals surface area contributed by atoms with E-state index in [1.165, 1.54) is 6.07 Å². The highest BCUT2D eigenvalue weighted by molar-refractivity contribution is 5.71. The second-order valence-corrected chi connectivity index (χ2v) is 6.45. The number of nitrogens with zero attached hydrogens (tertiary/aromatic N) is 1. The molecule has 1 atom stereocenters. The molecule has 3 aromatic rings. The smallest absolute Gasteiger partial charge is 0.264 e. The van der Waals surface area contributed by atoms with Crippen molar-refractivity contribution in [3.8, 4) is 11.1 Å². The molecular formula is C21H15F4N. The lowest BCUT2D eigenvalue weighted by molar-refractivity contribution is -0.137. The molecule has 0 amide bonds. The van der Waals surface area contributed by atoms with Gasteiger partial charge in [0.05, 0.1) is 5.56 Å². The van der Waals surface area contributed by atoms with Crippen molar-refractivity contribution in [2.24, 2.45) is 0 Å². The Morgan fingerprint density at radius 3 is 2.38 bits per heavy atom. The molecule has 4 rings (SSSR count). The predicted molar refractivity (Wildman–Crippen MR) is 91.2 cm³/mol. The first-order valence-corrected chi connectivity index (χ1v) is 8.34. The number of halogens is 4. The third-order valence-electron chi connectivity index (χ3n) is 4.91. The Kier molecular flexibility index (Phi) is 4.02. The van der Waals surface area contributed by atoms with Gasteiger partial charge in [-0.25, -0.2) is 4.39 Å². The van der Waals surface area contributed by atoms with Crippen LogP contribution in [0.15, 0.2) is 60.9 Å². The number of fused-ring (bicyclic) bond motifs is 1. The molecule has 0 radical (unpaired) electrons. The topological polar surface area (TPSA) is 12.9 Å². The van der Waals surface area contributed by atoms with Gasteiger partial charge in [-0.05, 0) is 41.7 Å². The standard InChI is InChI=1S/C21H15F4N/c22-19-10-15(21(23,24)25)7-9-17(19)18-12-26-11-14-6-8-16(20(14)18)13-4-2-1-3-5-13/h1-5,7,9-12,16H,6,8H2/t16-/m0/s1. The minimum absolute atomic E-state index is 0.0888. The summed E-state index contributed by atoms with van der Waals surface area (Å²) in [7, 11) is 0. The highest BCUT2D eigenvalue weighted by Gasteiger charge is 2.32. The molecule has 1 nitrogen and oxygen atoms in total. The van der Waals surface area contributed by atoms with Crippen LogP contribution in [0.3, 0.4) is 0 Å². The van der Waals surface area contributed by atoms with Gasteiger partial charge in [-0.15, -0.1) is 0 Å². The zero-order valence-electron chi connectivity index (χ0n) is 13.7. The molecule has 0 saturated heterocycles. The van der Waals surface area contributed by atoms with Crippen LogP contribution in [0.25, 0.3) is 11.1 Å². The molecule has 0 N–H and O–H groups in total. The lowest BCUT2D eigenvalue weighted by atomic mass is 9.88. The van der Waals surface area contributed by atoms with Crippen LogP contribution in [0.1, 0.15) is 34.6 Å². The first-order chi connectivity index (χ1) is 12.4. The average molecular weight is 357 g/mol. The fraction of sp³-hybridized carbons (Fsp3) is 0.190. The van der Waals surface area contributed by atoms with Crippen LogP contribution in [-0.2, 0) is 12.6 Å². The number of aryl methyl sites for hydroxylation is 1. The van der Waals surface area contributed by atoms with E-state index < -0.39 is 17.6 Å². The van der Waals surface area contributed by atoms with Gasteiger partial charge in [-0.3, -0.25) is 4.98 Å². The minimum atomic E-state index is -4.57. The zero-order chi connectivity index (χ0) is 18.3. The maximum atomic E-state index is 14.5. The van der Waals surface area contributed by atoms with Gasteiger partial charge in [0.25, 0.3) is 0 Å². The first kappa shape index (κ1) is 16.8. The molecule has 1 aromatic heterocycles. The van der Waals surface area contributed by atoms with E-state index in [-0.39, 0.29) is 11.5 Å². The van der Waals surface area contributed by atoms with Crippen molar-refractivity contribution in [2.75, 3.05) is 0 Å². The van der Waals surface area contributed by atoms with E-state index in [0.717, 1.165) is 35.6 Å². The van der Waals surface area contributed by atoms with Gasteiger partial charge in [0, 0.05) is 29.4 Å². The van der Waals surface area contributed by atoms with Gasteiger partial charge in [-0.2, -0.15) is 13.2 Å². The van der Waals surface area contributed by atoms with Crippen LogP contribution in [0.5, 0.6) is 0 Å². The molecule has 5 heteroatoms. The van der Waals surface area contributed by atoms with Crippen molar-refractivity contribution in [1.29, 1.82) is 0 Å². The Bertz CT molecular complexity index is 948. The molecule has 1 aliphatic rings. The Morgan fingerprint density at radius 2 is 1.69 bits per heavy atom. The largest absolute Gasteiger partial charge is 0.416 e. The molecule has 0 fully saturated rings. The van der Waals surface area contributed by atoms with E-state index in [1.54, 1.807) is 12.4 Å². The third-order valence-corrected chi connectivity index (χ3v) is 4.91. The van der Waals surface area contributed by atoms with E-state index in [0.29, 0.717) is 11.6 Å². The van der Waals surface area contributed by atoms with E-state index in [4.69, 9.17) is 0 Å². The van der Waals surface area contributed by atoms with Crippen LogP contribution in [0.2, 0.25) is 0 Å². The summed E-state index contributed by atoms with van der Waals surface area (Å²) in [6, 6.07) is 12.6. The average Bonchev–Trinajstić information content (AvgIpc) is 3.06. The maximum absolute atomic E-state index is 14.5. The molecule has 0 bridgehead atoms. The summed E-state index contributed by atoms with van der Waals surface area (Å²) in [5.41, 5.74) is 2.84. The monoisotopic (exact) mass is 357 g/mol. The summed E-state index contributed by atoms with van der Waals surface area (Å²) >= 11 is 0. The van der Waals surface area contributed by atoms with Crippen LogP contribution in [-0.4, -0.2) is 4.98 Å². The molecule has 26 heavy (non-hydrogen) atoms. The van der Waals surface area contributed by atoms with Crippen molar-refractivity contribution in [3.63, 3.8) is 0 Å². The van der Waals surface area contributed by atoms with Crippen molar-refractivity contribution < 1.29 is 17.6 Å². The highest BCUT2D eigenvalue weighted by Crippen LogP contribution is 2.44. The van der Waals surface area contributed by atoms with Crippen LogP contribution >= 0.6 is 0 Å². The van der Waals surface area contributed by atoms with Crippen molar-refractivity contribution in [2.45, 2.75) is 24.9 Å². The van der Waals surface area contributed by atoms with Crippen LogP contribution in [0.4, 0.5) is 17.6 Å². The molecule has 0 aliphatic heterocycles. The van der Waals surface area contributed by atoms with Gasteiger partial charge in [0.15, 0.2) is 0 Å². The van der Waals surface area contributed by atoms with Crippen molar-refractivity contribution in [3.05, 3.63) is 89.0 Å². The Labute approximate surface area is 148 Å². The predicted octanol–water partition coefficient (Wildman–Crippen LogP) is 5.98. The van der Waals surface area contributed by atoms with Gasteiger partial charge >= 0.3 is 6.18 Å². The molecule has 0 unspecified atom stereocenters. The molecular weight excluding hydrogens is 342 g/mol. The fourth-order valence-corrected chi connectivity index (χ4v) is 3.71. The highest BCUT2D eigenvalue weighted by atomic mass is 19.4. The number of alkyl halides is 3. The van der Waals surface area contributed by atoms with Gasteiger partial charge in [0.1, 0.15) is 5.82 Å². The summed E-state index contributed by atoms with van der Waals surface area (Å²) in [5.74, 6) is -0.792. The van der Waals surface area contributed by atoms with E-state index in [9.17, 15) is 17.6 Å². The van der Waals surface area contributed by atoms with E-state index >= 15 is 0 Å². The van der Waals surface area contributed by atoms with E-state index in [2.05, 4.69) is 4.98 Å². The number of pyridine rings is 1. The van der Waals surface area contributed by atoms with Gasteiger partial charge in [-0.1, -0.05) is 36.4 Å². The molecule has 132 valence electrons. The third kappa shape index (κ3) is 2.87. The second kappa shape index (κ2) is 6.24. The minimum Gasteiger partial charge on any atom is -0.264 e. The fourth-order valence-electron chi connectivity index (χ4n) is 3.71. The van der Waals surface area contributed by atoms with Crippen molar-refractivity contribution in [1.82, 2.24) is 4.98 Å². The summed E-state index contributed by atoms with van der Waals surface area (Å²) in [5, 5.41) is 0. The molecule has 2 aromatic carbocycles.